The molecule has 1 heterocycles. The maximum Gasteiger partial charge on any atom is 0.307 e. The Kier molecular flexibility index (Phi) is 4.53. The molecule has 2 aromatic carbocycles. The maximum absolute atomic E-state index is 10.8. The van der Waals surface area contributed by atoms with E-state index in [1.807, 2.05) is 48.5 Å². The van der Waals surface area contributed by atoms with Gasteiger partial charge >= 0.3 is 5.97 Å². The SMILES string of the molecule is COc1cccc(-c2ccc(-n3ncc(CC(=O)O)c3Cl)cc2)c1. The van der Waals surface area contributed by atoms with E-state index < -0.39 is 5.97 Å². The summed E-state index contributed by atoms with van der Waals surface area (Å²) in [4.78, 5) is 10.8. The van der Waals surface area contributed by atoms with Gasteiger partial charge in [-0.1, -0.05) is 35.9 Å². The third-order valence-electron chi connectivity index (χ3n) is 3.64. The molecule has 24 heavy (non-hydrogen) atoms. The molecule has 0 saturated carbocycles. The van der Waals surface area contributed by atoms with Crippen molar-refractivity contribution in [3.05, 3.63) is 65.4 Å². The van der Waals surface area contributed by atoms with E-state index >= 15 is 0 Å². The summed E-state index contributed by atoms with van der Waals surface area (Å²) in [6.07, 6.45) is 1.33. The minimum atomic E-state index is -0.940. The van der Waals surface area contributed by atoms with Crippen molar-refractivity contribution in [3.8, 4) is 22.6 Å². The van der Waals surface area contributed by atoms with Gasteiger partial charge in [0.15, 0.2) is 0 Å². The van der Waals surface area contributed by atoms with Crippen LogP contribution in [0.15, 0.2) is 54.7 Å². The number of halogens is 1. The molecule has 122 valence electrons. The number of carboxylic acid groups (broad SMARTS) is 1. The third-order valence-corrected chi connectivity index (χ3v) is 4.04. The maximum atomic E-state index is 10.8. The number of hydrogen-bond donors (Lipinski definition) is 1. The van der Waals surface area contributed by atoms with Crippen LogP contribution in [0.3, 0.4) is 0 Å². The zero-order valence-corrected chi connectivity index (χ0v) is 13.7. The predicted molar refractivity (Wildman–Crippen MR) is 91.9 cm³/mol. The van der Waals surface area contributed by atoms with Gasteiger partial charge in [0.2, 0.25) is 0 Å². The lowest BCUT2D eigenvalue weighted by Gasteiger charge is -2.07. The van der Waals surface area contributed by atoms with Crippen molar-refractivity contribution in [2.24, 2.45) is 0 Å². The molecule has 0 aliphatic heterocycles. The second kappa shape index (κ2) is 6.76. The van der Waals surface area contributed by atoms with E-state index in [2.05, 4.69) is 5.10 Å². The first-order valence-corrected chi connectivity index (χ1v) is 7.65. The molecule has 0 fully saturated rings. The number of carboxylic acids is 1. The summed E-state index contributed by atoms with van der Waals surface area (Å²) in [5, 5.41) is 13.4. The highest BCUT2D eigenvalue weighted by Gasteiger charge is 2.13. The van der Waals surface area contributed by atoms with Gasteiger partial charge in [-0.25, -0.2) is 4.68 Å². The summed E-state index contributed by atoms with van der Waals surface area (Å²) in [7, 11) is 1.64. The summed E-state index contributed by atoms with van der Waals surface area (Å²) >= 11 is 6.22. The number of rotatable bonds is 5. The predicted octanol–water partition coefficient (Wildman–Crippen LogP) is 3.83. The molecule has 5 nitrogen and oxygen atoms in total. The second-order valence-electron chi connectivity index (χ2n) is 5.22. The largest absolute Gasteiger partial charge is 0.497 e. The van der Waals surface area contributed by atoms with Crippen molar-refractivity contribution in [2.45, 2.75) is 6.42 Å². The standard InChI is InChI=1S/C18H15ClN2O3/c1-24-16-4-2-3-13(9-16)12-5-7-15(8-6-12)21-18(19)14(11-20-21)10-17(22)23/h2-9,11H,10H2,1H3,(H,22,23). The van der Waals surface area contributed by atoms with Crippen LogP contribution in [0.1, 0.15) is 5.56 Å². The van der Waals surface area contributed by atoms with Crippen molar-refractivity contribution in [1.29, 1.82) is 0 Å². The zero-order valence-electron chi connectivity index (χ0n) is 12.9. The Labute approximate surface area is 144 Å². The van der Waals surface area contributed by atoms with Crippen molar-refractivity contribution in [2.75, 3.05) is 7.11 Å². The monoisotopic (exact) mass is 342 g/mol. The van der Waals surface area contributed by atoms with Crippen LogP contribution in [-0.4, -0.2) is 28.0 Å². The number of aromatic nitrogens is 2. The van der Waals surface area contributed by atoms with Gasteiger partial charge < -0.3 is 9.84 Å². The molecule has 0 bridgehead atoms. The van der Waals surface area contributed by atoms with E-state index in [-0.39, 0.29) is 6.42 Å². The van der Waals surface area contributed by atoms with E-state index in [4.69, 9.17) is 21.4 Å². The molecular weight excluding hydrogens is 328 g/mol. The second-order valence-corrected chi connectivity index (χ2v) is 5.58. The third kappa shape index (κ3) is 3.26. The fraction of sp³-hybridized carbons (Fsp3) is 0.111. The number of methoxy groups -OCH3 is 1. The van der Waals surface area contributed by atoms with Crippen LogP contribution in [0.2, 0.25) is 5.15 Å². The van der Waals surface area contributed by atoms with Gasteiger partial charge in [-0.3, -0.25) is 4.79 Å². The number of benzene rings is 2. The molecule has 0 radical (unpaired) electrons. The van der Waals surface area contributed by atoms with Gasteiger partial charge in [0.25, 0.3) is 0 Å². The first-order chi connectivity index (χ1) is 11.6. The molecule has 0 aliphatic carbocycles. The molecular formula is C18H15ClN2O3. The molecule has 0 unspecified atom stereocenters. The minimum Gasteiger partial charge on any atom is -0.497 e. The zero-order chi connectivity index (χ0) is 17.1. The highest BCUT2D eigenvalue weighted by atomic mass is 35.5. The fourth-order valence-electron chi connectivity index (χ4n) is 2.43. The van der Waals surface area contributed by atoms with Crippen LogP contribution in [0.5, 0.6) is 5.75 Å². The van der Waals surface area contributed by atoms with Gasteiger partial charge in [0, 0.05) is 5.56 Å². The van der Waals surface area contributed by atoms with E-state index in [9.17, 15) is 4.79 Å². The Morgan fingerprint density at radius 1 is 1.21 bits per heavy atom. The number of aliphatic carboxylic acids is 1. The minimum absolute atomic E-state index is 0.152. The summed E-state index contributed by atoms with van der Waals surface area (Å²) in [6, 6.07) is 15.5. The van der Waals surface area contributed by atoms with Gasteiger partial charge in [-0.05, 0) is 35.4 Å². The van der Waals surface area contributed by atoms with Crippen LogP contribution in [0, 0.1) is 0 Å². The molecule has 6 heteroatoms. The van der Waals surface area contributed by atoms with Gasteiger partial charge in [0.1, 0.15) is 10.9 Å². The lowest BCUT2D eigenvalue weighted by molar-refractivity contribution is -0.136. The van der Waals surface area contributed by atoms with E-state index in [1.165, 1.54) is 10.9 Å². The van der Waals surface area contributed by atoms with Crippen molar-refractivity contribution >= 4 is 17.6 Å². The molecule has 0 atom stereocenters. The van der Waals surface area contributed by atoms with Crippen LogP contribution in [0.4, 0.5) is 0 Å². The van der Waals surface area contributed by atoms with Crippen molar-refractivity contribution < 1.29 is 14.6 Å². The van der Waals surface area contributed by atoms with E-state index in [1.54, 1.807) is 7.11 Å². The average Bonchev–Trinajstić information content (AvgIpc) is 2.95. The Bertz CT molecular complexity index is 872. The normalized spacial score (nSPS) is 10.6. The van der Waals surface area contributed by atoms with Crippen molar-refractivity contribution in [3.63, 3.8) is 0 Å². The average molecular weight is 343 g/mol. The fourth-order valence-corrected chi connectivity index (χ4v) is 2.68. The number of nitrogens with zero attached hydrogens (tertiary/aromatic N) is 2. The van der Waals surface area contributed by atoms with Gasteiger partial charge in [0.05, 0.1) is 25.4 Å². The Morgan fingerprint density at radius 3 is 2.62 bits per heavy atom. The van der Waals surface area contributed by atoms with Crippen LogP contribution >= 0.6 is 11.6 Å². The first kappa shape index (κ1) is 16.1. The highest BCUT2D eigenvalue weighted by Crippen LogP contribution is 2.26. The summed E-state index contributed by atoms with van der Waals surface area (Å²) in [5.41, 5.74) is 3.33. The summed E-state index contributed by atoms with van der Waals surface area (Å²) < 4.78 is 6.76. The van der Waals surface area contributed by atoms with Gasteiger partial charge in [-0.2, -0.15) is 5.10 Å². The summed E-state index contributed by atoms with van der Waals surface area (Å²) in [6.45, 7) is 0. The van der Waals surface area contributed by atoms with Crippen LogP contribution in [0.25, 0.3) is 16.8 Å². The molecule has 3 rings (SSSR count). The summed E-state index contributed by atoms with van der Waals surface area (Å²) in [5.74, 6) is -0.144. The van der Waals surface area contributed by atoms with E-state index in [0.29, 0.717) is 10.7 Å². The quantitative estimate of drug-likeness (QED) is 0.765. The number of carbonyl (C=O) groups is 1. The highest BCUT2D eigenvalue weighted by molar-refractivity contribution is 6.30. The molecule has 1 N–H and O–H groups in total. The van der Waals surface area contributed by atoms with E-state index in [0.717, 1.165) is 22.6 Å². The van der Waals surface area contributed by atoms with Crippen molar-refractivity contribution in [1.82, 2.24) is 9.78 Å². The molecule has 0 saturated heterocycles. The topological polar surface area (TPSA) is 64.4 Å². The molecule has 1 aromatic heterocycles. The number of ether oxygens (including phenoxy) is 1. The smallest absolute Gasteiger partial charge is 0.307 e. The molecule has 3 aromatic rings. The Balaban J connectivity index is 1.89. The molecule has 0 amide bonds. The lowest BCUT2D eigenvalue weighted by Crippen LogP contribution is -2.00. The van der Waals surface area contributed by atoms with Crippen LogP contribution < -0.4 is 4.74 Å². The molecule has 0 spiro atoms. The molecule has 0 aliphatic rings. The Hall–Kier alpha value is -2.79. The van der Waals surface area contributed by atoms with Gasteiger partial charge in [-0.15, -0.1) is 0 Å². The Morgan fingerprint density at radius 2 is 1.96 bits per heavy atom. The lowest BCUT2D eigenvalue weighted by atomic mass is 10.1. The first-order valence-electron chi connectivity index (χ1n) is 7.27. The number of hydrogen-bond acceptors (Lipinski definition) is 3. The van der Waals surface area contributed by atoms with Crippen LogP contribution in [-0.2, 0) is 11.2 Å².